The molecule has 5 heteroatoms. The van der Waals surface area contributed by atoms with E-state index in [9.17, 15) is 5.11 Å². The number of hydrogen-bond donors (Lipinski definition) is 2. The molecule has 1 aromatic carbocycles. The molecule has 1 aromatic rings. The third kappa shape index (κ3) is 4.11. The van der Waals surface area contributed by atoms with Crippen molar-refractivity contribution in [2.75, 3.05) is 26.7 Å². The second kappa shape index (κ2) is 7.29. The summed E-state index contributed by atoms with van der Waals surface area (Å²) in [4.78, 5) is 2.53. The molecular formula is C15H23BrN2O2. The molecular weight excluding hydrogens is 320 g/mol. The Morgan fingerprint density at radius 1 is 1.45 bits per heavy atom. The Labute approximate surface area is 129 Å². The fourth-order valence-electron chi connectivity index (χ4n) is 2.38. The number of phenols is 1. The van der Waals surface area contributed by atoms with Crippen molar-refractivity contribution in [1.29, 1.82) is 0 Å². The number of methoxy groups -OCH3 is 1. The molecule has 0 aliphatic heterocycles. The minimum atomic E-state index is 0.155. The molecule has 2 rings (SSSR count). The smallest absolute Gasteiger partial charge is 0.172 e. The average molecular weight is 343 g/mol. The van der Waals surface area contributed by atoms with Gasteiger partial charge < -0.3 is 15.2 Å². The van der Waals surface area contributed by atoms with Gasteiger partial charge in [0, 0.05) is 25.7 Å². The molecule has 112 valence electrons. The number of hydrogen-bond acceptors (Lipinski definition) is 4. The van der Waals surface area contributed by atoms with Gasteiger partial charge in [0.25, 0.3) is 0 Å². The molecule has 1 fully saturated rings. The van der Waals surface area contributed by atoms with E-state index in [0.717, 1.165) is 37.8 Å². The molecule has 0 saturated heterocycles. The minimum Gasteiger partial charge on any atom is -0.503 e. The van der Waals surface area contributed by atoms with E-state index in [1.807, 2.05) is 12.1 Å². The lowest BCUT2D eigenvalue weighted by atomic mass is 10.2. The van der Waals surface area contributed by atoms with Crippen molar-refractivity contribution >= 4 is 15.9 Å². The van der Waals surface area contributed by atoms with Crippen molar-refractivity contribution in [1.82, 2.24) is 10.2 Å². The predicted octanol–water partition coefficient (Wildman–Crippen LogP) is 2.74. The van der Waals surface area contributed by atoms with Crippen LogP contribution in [0.5, 0.6) is 11.5 Å². The van der Waals surface area contributed by atoms with Gasteiger partial charge in [-0.05, 0) is 53.0 Å². The summed E-state index contributed by atoms with van der Waals surface area (Å²) >= 11 is 3.34. The Kier molecular flexibility index (Phi) is 5.69. The number of ether oxygens (including phenoxy) is 1. The Morgan fingerprint density at radius 3 is 2.80 bits per heavy atom. The summed E-state index contributed by atoms with van der Waals surface area (Å²) in [6, 6.07) is 4.61. The fourth-order valence-corrected chi connectivity index (χ4v) is 2.87. The monoisotopic (exact) mass is 342 g/mol. The lowest BCUT2D eigenvalue weighted by molar-refractivity contribution is 0.277. The van der Waals surface area contributed by atoms with Crippen molar-refractivity contribution in [2.24, 2.45) is 0 Å². The number of phenolic OH excluding ortho intramolecular Hbond substituents is 1. The van der Waals surface area contributed by atoms with E-state index in [4.69, 9.17) is 4.74 Å². The first-order valence-electron chi connectivity index (χ1n) is 7.15. The predicted molar refractivity (Wildman–Crippen MR) is 84.3 cm³/mol. The molecule has 0 radical (unpaired) electrons. The van der Waals surface area contributed by atoms with Gasteiger partial charge in [0.05, 0.1) is 11.6 Å². The topological polar surface area (TPSA) is 44.7 Å². The Bertz CT molecular complexity index is 450. The van der Waals surface area contributed by atoms with Gasteiger partial charge in [-0.15, -0.1) is 0 Å². The maximum Gasteiger partial charge on any atom is 0.172 e. The summed E-state index contributed by atoms with van der Waals surface area (Å²) in [5, 5.41) is 13.2. The van der Waals surface area contributed by atoms with E-state index in [-0.39, 0.29) is 5.75 Å². The molecule has 4 nitrogen and oxygen atoms in total. The lowest BCUT2D eigenvalue weighted by Gasteiger charge is -2.19. The van der Waals surface area contributed by atoms with Gasteiger partial charge in [0.1, 0.15) is 0 Å². The molecule has 0 aromatic heterocycles. The van der Waals surface area contributed by atoms with Crippen molar-refractivity contribution < 1.29 is 9.84 Å². The third-order valence-electron chi connectivity index (χ3n) is 3.68. The van der Waals surface area contributed by atoms with Crippen LogP contribution in [-0.2, 0) is 6.54 Å². The number of halogens is 1. The van der Waals surface area contributed by atoms with Crippen LogP contribution in [0.4, 0.5) is 0 Å². The van der Waals surface area contributed by atoms with Crippen LogP contribution in [0, 0.1) is 0 Å². The van der Waals surface area contributed by atoms with E-state index in [1.54, 1.807) is 7.11 Å². The first-order valence-corrected chi connectivity index (χ1v) is 7.95. The first-order chi connectivity index (χ1) is 9.65. The highest BCUT2D eigenvalue weighted by Crippen LogP contribution is 2.35. The number of benzene rings is 1. The van der Waals surface area contributed by atoms with Crippen LogP contribution >= 0.6 is 15.9 Å². The summed E-state index contributed by atoms with van der Waals surface area (Å²) in [6.45, 7) is 6.20. The number of aromatic hydroxyl groups is 1. The zero-order valence-electron chi connectivity index (χ0n) is 12.2. The van der Waals surface area contributed by atoms with Gasteiger partial charge in [0.15, 0.2) is 11.5 Å². The molecule has 0 unspecified atom stereocenters. The number of nitrogens with one attached hydrogen (secondary N) is 1. The van der Waals surface area contributed by atoms with Gasteiger partial charge >= 0.3 is 0 Å². The molecule has 1 aliphatic carbocycles. The maximum atomic E-state index is 9.77. The average Bonchev–Trinajstić information content (AvgIpc) is 3.27. The quantitative estimate of drug-likeness (QED) is 0.713. The lowest BCUT2D eigenvalue weighted by Crippen LogP contribution is -2.33. The van der Waals surface area contributed by atoms with Gasteiger partial charge in [0.2, 0.25) is 0 Å². The summed E-state index contributed by atoms with van der Waals surface area (Å²) in [5.74, 6) is 0.659. The zero-order chi connectivity index (χ0) is 14.5. The van der Waals surface area contributed by atoms with E-state index in [0.29, 0.717) is 10.2 Å². The fraction of sp³-hybridized carbons (Fsp3) is 0.600. The number of nitrogens with zero attached hydrogens (tertiary/aromatic N) is 1. The van der Waals surface area contributed by atoms with Crippen LogP contribution in [-0.4, -0.2) is 42.8 Å². The molecule has 1 saturated carbocycles. The van der Waals surface area contributed by atoms with Crippen molar-refractivity contribution in [3.63, 3.8) is 0 Å². The van der Waals surface area contributed by atoms with E-state index < -0.39 is 0 Å². The summed E-state index contributed by atoms with van der Waals surface area (Å²) < 4.78 is 5.82. The number of likely N-dealkylation sites (N-methyl/N-ethyl adjacent to an activating group) is 1. The molecule has 1 aliphatic rings. The molecule has 2 N–H and O–H groups in total. The minimum absolute atomic E-state index is 0.155. The second-order valence-corrected chi connectivity index (χ2v) is 6.02. The van der Waals surface area contributed by atoms with E-state index >= 15 is 0 Å². The molecule has 0 spiro atoms. The first kappa shape index (κ1) is 15.6. The SMILES string of the molecule is CCN(CCNCc1cc(Br)c(O)c(OC)c1)C1CC1. The Hall–Kier alpha value is -0.780. The Morgan fingerprint density at radius 2 is 2.20 bits per heavy atom. The van der Waals surface area contributed by atoms with Crippen molar-refractivity contribution in [3.05, 3.63) is 22.2 Å². The molecule has 0 heterocycles. The van der Waals surface area contributed by atoms with E-state index in [1.165, 1.54) is 12.8 Å². The zero-order valence-corrected chi connectivity index (χ0v) is 13.7. The summed E-state index contributed by atoms with van der Waals surface area (Å²) in [7, 11) is 1.56. The summed E-state index contributed by atoms with van der Waals surface area (Å²) in [6.07, 6.45) is 2.71. The van der Waals surface area contributed by atoms with E-state index in [2.05, 4.69) is 33.1 Å². The van der Waals surface area contributed by atoms with Crippen LogP contribution in [0.1, 0.15) is 25.3 Å². The highest BCUT2D eigenvalue weighted by atomic mass is 79.9. The third-order valence-corrected chi connectivity index (χ3v) is 4.29. The molecule has 0 amide bonds. The van der Waals surface area contributed by atoms with Crippen LogP contribution in [0.15, 0.2) is 16.6 Å². The van der Waals surface area contributed by atoms with Crippen LogP contribution in [0.3, 0.4) is 0 Å². The van der Waals surface area contributed by atoms with Crippen LogP contribution < -0.4 is 10.1 Å². The van der Waals surface area contributed by atoms with Crippen molar-refractivity contribution in [2.45, 2.75) is 32.4 Å². The highest BCUT2D eigenvalue weighted by molar-refractivity contribution is 9.10. The van der Waals surface area contributed by atoms with Crippen molar-refractivity contribution in [3.8, 4) is 11.5 Å². The normalized spacial score (nSPS) is 14.8. The van der Waals surface area contributed by atoms with Gasteiger partial charge in [-0.2, -0.15) is 0 Å². The summed E-state index contributed by atoms with van der Waals surface area (Å²) in [5.41, 5.74) is 1.10. The molecule has 0 atom stereocenters. The second-order valence-electron chi connectivity index (χ2n) is 5.17. The van der Waals surface area contributed by atoms with Crippen LogP contribution in [0.25, 0.3) is 0 Å². The Balaban J connectivity index is 1.80. The van der Waals surface area contributed by atoms with Crippen LogP contribution in [0.2, 0.25) is 0 Å². The van der Waals surface area contributed by atoms with Gasteiger partial charge in [-0.1, -0.05) is 6.92 Å². The molecule has 20 heavy (non-hydrogen) atoms. The van der Waals surface area contributed by atoms with Gasteiger partial charge in [-0.25, -0.2) is 0 Å². The number of rotatable bonds is 8. The highest BCUT2D eigenvalue weighted by Gasteiger charge is 2.26. The maximum absolute atomic E-state index is 9.77. The standard InChI is InChI=1S/C15H23BrN2O2/c1-3-18(12-4-5-12)7-6-17-10-11-8-13(16)15(19)14(9-11)20-2/h8-9,12,17,19H,3-7,10H2,1-2H3. The molecule has 0 bridgehead atoms. The van der Waals surface area contributed by atoms with Gasteiger partial charge in [-0.3, -0.25) is 4.90 Å². The largest absolute Gasteiger partial charge is 0.503 e.